The molecule has 0 spiro atoms. The number of halogens is 1. The zero-order valence-electron chi connectivity index (χ0n) is 20.4. The molecule has 1 saturated carbocycles. The molecule has 2 fully saturated rings. The third-order valence-electron chi connectivity index (χ3n) is 6.62. The molecule has 1 saturated heterocycles. The van der Waals surface area contributed by atoms with Crippen LogP contribution in [-0.2, 0) is 16.1 Å². The summed E-state index contributed by atoms with van der Waals surface area (Å²) in [5, 5.41) is 10.0. The Morgan fingerprint density at radius 2 is 1.88 bits per heavy atom. The van der Waals surface area contributed by atoms with Crippen molar-refractivity contribution in [2.75, 3.05) is 45.2 Å². The lowest BCUT2D eigenvalue weighted by Gasteiger charge is -2.37. The number of carbonyl (C=O) groups excluding carboxylic acids is 1. The lowest BCUT2D eigenvalue weighted by atomic mass is 9.88. The summed E-state index contributed by atoms with van der Waals surface area (Å²) < 4.78 is 5.51. The van der Waals surface area contributed by atoms with Crippen LogP contribution in [0.15, 0.2) is 29.3 Å². The zero-order valence-corrected chi connectivity index (χ0v) is 22.8. The van der Waals surface area contributed by atoms with Gasteiger partial charge in [0.2, 0.25) is 5.91 Å². The highest BCUT2D eigenvalue weighted by molar-refractivity contribution is 14.0. The minimum Gasteiger partial charge on any atom is -0.379 e. The molecule has 1 amide bonds. The molecule has 1 aliphatic carbocycles. The number of hydrogen-bond donors (Lipinski definition) is 3. The van der Waals surface area contributed by atoms with Gasteiger partial charge in [-0.15, -0.1) is 24.0 Å². The number of aliphatic imine (C=N–C) groups is 1. The molecule has 3 N–H and O–H groups in total. The number of nitrogens with one attached hydrogen (secondary N) is 3. The van der Waals surface area contributed by atoms with Gasteiger partial charge in [-0.2, -0.15) is 0 Å². The van der Waals surface area contributed by atoms with E-state index in [4.69, 9.17) is 4.74 Å². The summed E-state index contributed by atoms with van der Waals surface area (Å²) in [6.45, 7) is 9.61. The summed E-state index contributed by atoms with van der Waals surface area (Å²) in [6.07, 6.45) is 5.60. The van der Waals surface area contributed by atoms with Crippen molar-refractivity contribution in [3.05, 3.63) is 29.8 Å². The Bertz CT molecular complexity index is 746. The summed E-state index contributed by atoms with van der Waals surface area (Å²) in [5.41, 5.74) is 1.98. The number of guanidine groups is 1. The highest BCUT2D eigenvalue weighted by atomic mass is 127. The number of benzene rings is 1. The quantitative estimate of drug-likeness (QED) is 0.251. The Morgan fingerprint density at radius 1 is 1.15 bits per heavy atom. The van der Waals surface area contributed by atoms with Gasteiger partial charge in [-0.05, 0) is 36.5 Å². The van der Waals surface area contributed by atoms with Crippen molar-refractivity contribution in [2.45, 2.75) is 58.5 Å². The molecule has 1 unspecified atom stereocenters. The number of amides is 1. The van der Waals surface area contributed by atoms with Crippen LogP contribution in [-0.4, -0.2) is 62.7 Å². The third-order valence-corrected chi connectivity index (χ3v) is 6.62. The molecule has 1 aliphatic heterocycles. The molecule has 1 aromatic carbocycles. The molecular weight excluding hydrogens is 529 g/mol. The molecule has 186 valence electrons. The average molecular weight is 572 g/mol. The molecule has 1 atom stereocenters. The van der Waals surface area contributed by atoms with Crippen molar-refractivity contribution in [3.8, 4) is 0 Å². The molecule has 0 bridgehead atoms. The number of rotatable bonds is 8. The summed E-state index contributed by atoms with van der Waals surface area (Å²) in [6, 6.07) is 8.52. The highest BCUT2D eigenvalue weighted by Gasteiger charge is 2.24. The molecule has 0 radical (unpaired) electrons. The smallest absolute Gasteiger partial charge is 0.227 e. The van der Waals surface area contributed by atoms with Crippen LogP contribution in [0.1, 0.15) is 51.5 Å². The predicted molar refractivity (Wildman–Crippen MR) is 146 cm³/mol. The molecule has 1 heterocycles. The van der Waals surface area contributed by atoms with E-state index in [-0.39, 0.29) is 35.8 Å². The van der Waals surface area contributed by atoms with Gasteiger partial charge in [-0.1, -0.05) is 45.2 Å². The molecule has 2 aliphatic rings. The van der Waals surface area contributed by atoms with Crippen LogP contribution in [0.2, 0.25) is 0 Å². The summed E-state index contributed by atoms with van der Waals surface area (Å²) in [5.74, 6) is 1.66. The van der Waals surface area contributed by atoms with E-state index < -0.39 is 0 Å². The Labute approximate surface area is 216 Å². The SMILES string of the molecule is CN=C(NCc1cccc(NC(=O)C2CCCCC2)c1)NCC(C(C)C)N1CCOCC1.I. The predicted octanol–water partition coefficient (Wildman–Crippen LogP) is 3.85. The maximum Gasteiger partial charge on any atom is 0.227 e. The van der Waals surface area contributed by atoms with Crippen LogP contribution in [0.3, 0.4) is 0 Å². The molecule has 7 nitrogen and oxygen atoms in total. The van der Waals surface area contributed by atoms with Crippen LogP contribution in [0.5, 0.6) is 0 Å². The second-order valence-corrected chi connectivity index (χ2v) is 9.29. The Balaban J connectivity index is 0.00000385. The van der Waals surface area contributed by atoms with E-state index >= 15 is 0 Å². The van der Waals surface area contributed by atoms with Gasteiger partial charge in [-0.3, -0.25) is 14.7 Å². The fourth-order valence-electron chi connectivity index (χ4n) is 4.67. The fraction of sp³-hybridized carbons (Fsp3) is 0.680. The Kier molecular flexibility index (Phi) is 12.5. The number of nitrogens with zero attached hydrogens (tertiary/aromatic N) is 2. The molecular formula is C25H42IN5O2. The Morgan fingerprint density at radius 3 is 2.55 bits per heavy atom. The van der Waals surface area contributed by atoms with Crippen LogP contribution >= 0.6 is 24.0 Å². The van der Waals surface area contributed by atoms with Crippen LogP contribution in [0.25, 0.3) is 0 Å². The third kappa shape index (κ3) is 9.05. The maximum atomic E-state index is 12.6. The van der Waals surface area contributed by atoms with E-state index in [0.717, 1.165) is 75.7 Å². The first kappa shape index (κ1) is 27.9. The van der Waals surface area contributed by atoms with Crippen molar-refractivity contribution in [3.63, 3.8) is 0 Å². The van der Waals surface area contributed by atoms with E-state index in [9.17, 15) is 4.79 Å². The number of ether oxygens (including phenoxy) is 1. The van der Waals surface area contributed by atoms with E-state index in [1.165, 1.54) is 6.42 Å². The van der Waals surface area contributed by atoms with Gasteiger partial charge in [-0.25, -0.2) is 0 Å². The molecule has 1 aromatic rings. The van der Waals surface area contributed by atoms with Gasteiger partial charge in [0, 0.05) is 50.9 Å². The number of carbonyl (C=O) groups is 1. The first-order valence-corrected chi connectivity index (χ1v) is 12.2. The topological polar surface area (TPSA) is 78.0 Å². The van der Waals surface area contributed by atoms with Crippen LogP contribution in [0, 0.1) is 11.8 Å². The standard InChI is InChI=1S/C25H41N5O2.HI/c1-19(2)23(30-12-14-32-15-13-30)18-28-25(26-3)27-17-20-8-7-11-22(16-20)29-24(31)21-9-5-4-6-10-21;/h7-8,11,16,19,21,23H,4-6,9-10,12-15,17-18H2,1-3H3,(H,29,31)(H2,26,27,28);1H. The van der Waals surface area contributed by atoms with Crippen molar-refractivity contribution >= 4 is 41.5 Å². The van der Waals surface area contributed by atoms with Crippen molar-refractivity contribution in [2.24, 2.45) is 16.8 Å². The first-order valence-electron chi connectivity index (χ1n) is 12.2. The molecule has 8 heteroatoms. The molecule has 33 heavy (non-hydrogen) atoms. The fourth-order valence-corrected chi connectivity index (χ4v) is 4.67. The van der Waals surface area contributed by atoms with Crippen LogP contribution < -0.4 is 16.0 Å². The Hall–Kier alpha value is -1.39. The van der Waals surface area contributed by atoms with Gasteiger partial charge in [0.05, 0.1) is 13.2 Å². The lowest BCUT2D eigenvalue weighted by molar-refractivity contribution is -0.120. The van der Waals surface area contributed by atoms with E-state index in [1.54, 1.807) is 7.05 Å². The van der Waals surface area contributed by atoms with Gasteiger partial charge in [0.15, 0.2) is 5.96 Å². The normalized spacial score (nSPS) is 19.0. The van der Waals surface area contributed by atoms with E-state index in [1.807, 2.05) is 18.2 Å². The van der Waals surface area contributed by atoms with Crippen LogP contribution in [0.4, 0.5) is 5.69 Å². The number of anilines is 1. The van der Waals surface area contributed by atoms with E-state index in [0.29, 0.717) is 18.5 Å². The minimum atomic E-state index is 0. The van der Waals surface area contributed by atoms with Crippen molar-refractivity contribution in [1.29, 1.82) is 0 Å². The van der Waals surface area contributed by atoms with Gasteiger partial charge < -0.3 is 20.7 Å². The number of morpholine rings is 1. The molecule has 0 aromatic heterocycles. The average Bonchev–Trinajstić information content (AvgIpc) is 2.82. The summed E-state index contributed by atoms with van der Waals surface area (Å²) >= 11 is 0. The monoisotopic (exact) mass is 571 g/mol. The first-order chi connectivity index (χ1) is 15.6. The largest absolute Gasteiger partial charge is 0.379 e. The van der Waals surface area contributed by atoms with Crippen molar-refractivity contribution in [1.82, 2.24) is 15.5 Å². The summed E-state index contributed by atoms with van der Waals surface area (Å²) in [4.78, 5) is 19.5. The second-order valence-electron chi connectivity index (χ2n) is 9.29. The highest BCUT2D eigenvalue weighted by Crippen LogP contribution is 2.25. The zero-order chi connectivity index (χ0) is 22.8. The lowest BCUT2D eigenvalue weighted by Crippen LogP contribution is -2.52. The minimum absolute atomic E-state index is 0. The molecule has 3 rings (SSSR count). The number of hydrogen-bond acceptors (Lipinski definition) is 4. The van der Waals surface area contributed by atoms with E-state index in [2.05, 4.69) is 45.8 Å². The van der Waals surface area contributed by atoms with Crippen molar-refractivity contribution < 1.29 is 9.53 Å². The van der Waals surface area contributed by atoms with Gasteiger partial charge in [0.25, 0.3) is 0 Å². The van der Waals surface area contributed by atoms with Gasteiger partial charge >= 0.3 is 0 Å². The van der Waals surface area contributed by atoms with Gasteiger partial charge in [0.1, 0.15) is 0 Å². The second kappa shape index (κ2) is 14.8. The summed E-state index contributed by atoms with van der Waals surface area (Å²) in [7, 11) is 1.80. The maximum absolute atomic E-state index is 12.6.